The van der Waals surface area contributed by atoms with Crippen LogP contribution in [-0.2, 0) is 14.6 Å². The van der Waals surface area contributed by atoms with E-state index in [4.69, 9.17) is 5.73 Å². The van der Waals surface area contributed by atoms with E-state index in [-0.39, 0.29) is 10.9 Å². The Bertz CT molecular complexity index is 572. The van der Waals surface area contributed by atoms with Gasteiger partial charge in [0, 0.05) is 16.2 Å². The van der Waals surface area contributed by atoms with Crippen molar-refractivity contribution in [1.82, 2.24) is 5.32 Å². The number of nitrogens with two attached hydrogens (primary N) is 1. The Balaban J connectivity index is 2.90. The highest BCUT2D eigenvalue weighted by Crippen LogP contribution is 2.25. The van der Waals surface area contributed by atoms with Gasteiger partial charge in [0.15, 0.2) is 9.84 Å². The quantitative estimate of drug-likeness (QED) is 0.792. The second-order valence-electron chi connectivity index (χ2n) is 4.33. The van der Waals surface area contributed by atoms with E-state index in [0.717, 1.165) is 6.42 Å². The number of carbonyl (C=O) groups is 1. The predicted octanol–water partition coefficient (Wildman–Crippen LogP) is 1.72. The monoisotopic (exact) mass is 348 g/mol. The van der Waals surface area contributed by atoms with E-state index in [1.54, 1.807) is 0 Å². The van der Waals surface area contributed by atoms with Crippen LogP contribution in [0.4, 0.5) is 5.69 Å². The molecule has 0 aliphatic carbocycles. The summed E-state index contributed by atoms with van der Waals surface area (Å²) in [6.45, 7) is 3.74. The van der Waals surface area contributed by atoms with E-state index in [9.17, 15) is 13.2 Å². The minimum Gasteiger partial charge on any atom is -0.399 e. The van der Waals surface area contributed by atoms with Crippen molar-refractivity contribution in [2.45, 2.75) is 31.2 Å². The number of halogens is 1. The molecule has 0 aliphatic heterocycles. The molecular weight excluding hydrogens is 332 g/mol. The number of sulfone groups is 1. The molecule has 19 heavy (non-hydrogen) atoms. The summed E-state index contributed by atoms with van der Waals surface area (Å²) in [5.41, 5.74) is 6.01. The smallest absolute Gasteiger partial charge is 0.235 e. The van der Waals surface area contributed by atoms with Crippen LogP contribution in [0.2, 0.25) is 0 Å². The summed E-state index contributed by atoms with van der Waals surface area (Å²) in [7, 11) is -3.68. The molecule has 1 aromatic rings. The molecule has 0 spiro atoms. The Morgan fingerprint density at radius 1 is 1.47 bits per heavy atom. The van der Waals surface area contributed by atoms with Crippen LogP contribution in [0.3, 0.4) is 0 Å². The zero-order valence-electron chi connectivity index (χ0n) is 10.8. The normalized spacial score (nSPS) is 13.0. The molecule has 0 heterocycles. The van der Waals surface area contributed by atoms with Crippen LogP contribution < -0.4 is 11.1 Å². The highest BCUT2D eigenvalue weighted by Gasteiger charge is 2.22. The highest BCUT2D eigenvalue weighted by atomic mass is 79.9. The van der Waals surface area contributed by atoms with Crippen molar-refractivity contribution < 1.29 is 13.2 Å². The van der Waals surface area contributed by atoms with Gasteiger partial charge in [-0.3, -0.25) is 4.79 Å². The Hall–Kier alpha value is -1.08. The lowest BCUT2D eigenvalue weighted by Gasteiger charge is -2.12. The van der Waals surface area contributed by atoms with Gasteiger partial charge >= 0.3 is 0 Å². The average Bonchev–Trinajstić information content (AvgIpc) is 2.26. The van der Waals surface area contributed by atoms with E-state index < -0.39 is 21.5 Å². The van der Waals surface area contributed by atoms with Crippen molar-refractivity contribution in [3.05, 3.63) is 22.7 Å². The summed E-state index contributed by atoms with van der Waals surface area (Å²) >= 11 is 3.15. The van der Waals surface area contributed by atoms with Crippen molar-refractivity contribution in [1.29, 1.82) is 0 Å². The van der Waals surface area contributed by atoms with Crippen LogP contribution in [0.5, 0.6) is 0 Å². The van der Waals surface area contributed by atoms with Gasteiger partial charge in [0.05, 0.1) is 4.90 Å². The number of benzene rings is 1. The number of hydrogen-bond donors (Lipinski definition) is 2. The first kappa shape index (κ1) is 16.0. The molecule has 1 unspecified atom stereocenters. The van der Waals surface area contributed by atoms with Gasteiger partial charge in [0.25, 0.3) is 0 Å². The number of nitrogen functional groups attached to an aromatic ring is 1. The molecule has 0 fully saturated rings. The molecule has 1 aromatic carbocycles. The number of anilines is 1. The predicted molar refractivity (Wildman–Crippen MR) is 78.5 cm³/mol. The summed E-state index contributed by atoms with van der Waals surface area (Å²) in [4.78, 5) is 11.7. The molecule has 1 amide bonds. The van der Waals surface area contributed by atoms with Gasteiger partial charge < -0.3 is 11.1 Å². The summed E-state index contributed by atoms with van der Waals surface area (Å²) in [5.74, 6) is -1.07. The Morgan fingerprint density at radius 3 is 2.63 bits per heavy atom. The Labute approximate surface area is 121 Å². The molecule has 7 heteroatoms. The standard InChI is InChI=1S/C12H17BrN2O3S/c1-3-8(2)15-12(16)7-19(17,18)11-5-4-9(14)6-10(11)13/h4-6,8H,3,7,14H2,1-2H3,(H,15,16). The topological polar surface area (TPSA) is 89.3 Å². The molecule has 0 bridgehead atoms. The molecular formula is C12H17BrN2O3S. The number of rotatable bonds is 5. The average molecular weight is 349 g/mol. The van der Waals surface area contributed by atoms with Gasteiger partial charge in [-0.15, -0.1) is 0 Å². The molecule has 0 aliphatic rings. The molecule has 0 radical (unpaired) electrons. The lowest BCUT2D eigenvalue weighted by Crippen LogP contribution is -2.36. The summed E-state index contributed by atoms with van der Waals surface area (Å²) in [5, 5.41) is 2.63. The van der Waals surface area contributed by atoms with E-state index in [1.165, 1.54) is 18.2 Å². The van der Waals surface area contributed by atoms with Crippen LogP contribution in [0.15, 0.2) is 27.6 Å². The minimum atomic E-state index is -3.68. The van der Waals surface area contributed by atoms with Crippen LogP contribution >= 0.6 is 15.9 Å². The summed E-state index contributed by atoms with van der Waals surface area (Å²) in [6.07, 6.45) is 0.747. The van der Waals surface area contributed by atoms with Crippen LogP contribution in [0, 0.1) is 0 Å². The molecule has 1 rings (SSSR count). The zero-order chi connectivity index (χ0) is 14.6. The van der Waals surface area contributed by atoms with Crippen LogP contribution in [0.25, 0.3) is 0 Å². The number of carbonyl (C=O) groups excluding carboxylic acids is 1. The van der Waals surface area contributed by atoms with Crippen molar-refractivity contribution in [2.24, 2.45) is 0 Å². The second kappa shape index (κ2) is 6.38. The summed E-state index contributed by atoms with van der Waals surface area (Å²) in [6, 6.07) is 4.34. The van der Waals surface area contributed by atoms with Crippen LogP contribution in [-0.4, -0.2) is 26.1 Å². The van der Waals surface area contributed by atoms with Gasteiger partial charge in [0.2, 0.25) is 5.91 Å². The fourth-order valence-electron chi connectivity index (χ4n) is 1.44. The molecule has 1 atom stereocenters. The number of amides is 1. The minimum absolute atomic E-state index is 0.0439. The van der Waals surface area contributed by atoms with Crippen molar-refractivity contribution in [2.75, 3.05) is 11.5 Å². The molecule has 5 nitrogen and oxygen atoms in total. The van der Waals surface area contributed by atoms with E-state index in [2.05, 4.69) is 21.2 Å². The lowest BCUT2D eigenvalue weighted by atomic mass is 10.3. The second-order valence-corrected chi connectivity index (χ2v) is 7.14. The number of hydrogen-bond acceptors (Lipinski definition) is 4. The fourth-order valence-corrected chi connectivity index (χ4v) is 3.79. The van der Waals surface area contributed by atoms with Gasteiger partial charge in [-0.05, 0) is 47.5 Å². The molecule has 0 aromatic heterocycles. The molecule has 3 N–H and O–H groups in total. The van der Waals surface area contributed by atoms with E-state index in [0.29, 0.717) is 10.2 Å². The molecule has 0 saturated heterocycles. The van der Waals surface area contributed by atoms with Gasteiger partial charge in [0.1, 0.15) is 5.75 Å². The lowest BCUT2D eigenvalue weighted by molar-refractivity contribution is -0.119. The highest BCUT2D eigenvalue weighted by molar-refractivity contribution is 9.10. The first-order chi connectivity index (χ1) is 8.76. The first-order valence-corrected chi connectivity index (χ1v) is 8.28. The van der Waals surface area contributed by atoms with Crippen molar-refractivity contribution in [3.8, 4) is 0 Å². The fraction of sp³-hybridized carbons (Fsp3) is 0.417. The van der Waals surface area contributed by atoms with E-state index >= 15 is 0 Å². The molecule has 106 valence electrons. The summed E-state index contributed by atoms with van der Waals surface area (Å²) < 4.78 is 24.6. The van der Waals surface area contributed by atoms with Crippen molar-refractivity contribution in [3.63, 3.8) is 0 Å². The first-order valence-electron chi connectivity index (χ1n) is 5.83. The maximum atomic E-state index is 12.1. The van der Waals surface area contributed by atoms with E-state index in [1.807, 2.05) is 13.8 Å². The SMILES string of the molecule is CCC(C)NC(=O)CS(=O)(=O)c1ccc(N)cc1Br. The maximum absolute atomic E-state index is 12.1. The van der Waals surface area contributed by atoms with Gasteiger partial charge in [-0.1, -0.05) is 6.92 Å². The van der Waals surface area contributed by atoms with Crippen LogP contribution in [0.1, 0.15) is 20.3 Å². The molecule has 0 saturated carbocycles. The van der Waals surface area contributed by atoms with Gasteiger partial charge in [-0.25, -0.2) is 8.42 Å². The third kappa shape index (κ3) is 4.50. The van der Waals surface area contributed by atoms with Gasteiger partial charge in [-0.2, -0.15) is 0 Å². The largest absolute Gasteiger partial charge is 0.399 e. The Morgan fingerprint density at radius 2 is 2.11 bits per heavy atom. The third-order valence-corrected chi connectivity index (χ3v) is 5.22. The third-order valence-electron chi connectivity index (χ3n) is 2.63. The Kier molecular flexibility index (Phi) is 5.37. The van der Waals surface area contributed by atoms with Crippen molar-refractivity contribution >= 4 is 37.4 Å². The maximum Gasteiger partial charge on any atom is 0.235 e. The zero-order valence-corrected chi connectivity index (χ0v) is 13.2. The number of nitrogens with one attached hydrogen (secondary N) is 1.